The van der Waals surface area contributed by atoms with Crippen LogP contribution in [-0.2, 0) is 21.2 Å². The highest BCUT2D eigenvalue weighted by Gasteiger charge is 2.39. The van der Waals surface area contributed by atoms with E-state index in [1.54, 1.807) is 18.2 Å². The molecular formula is C17H24N2O5S. The minimum absolute atomic E-state index is 0.0888. The summed E-state index contributed by atoms with van der Waals surface area (Å²) in [6, 6.07) is 5.83. The summed E-state index contributed by atoms with van der Waals surface area (Å²) in [5, 5.41) is 11.8. The summed E-state index contributed by atoms with van der Waals surface area (Å²) >= 11 is 0. The van der Waals surface area contributed by atoms with Crippen molar-refractivity contribution in [1.82, 2.24) is 9.62 Å². The number of aromatic carboxylic acids is 1. The molecule has 1 aromatic carbocycles. The number of nitrogens with one attached hydrogen (secondary N) is 1. The third-order valence-corrected chi connectivity index (χ3v) is 6.16. The highest BCUT2D eigenvalue weighted by Crippen LogP contribution is 2.22. The highest BCUT2D eigenvalue weighted by atomic mass is 32.2. The Balaban J connectivity index is 1.98. The lowest BCUT2D eigenvalue weighted by Gasteiger charge is -2.28. The summed E-state index contributed by atoms with van der Waals surface area (Å²) in [6.07, 6.45) is 1.02. The van der Waals surface area contributed by atoms with Gasteiger partial charge < -0.3 is 10.4 Å². The minimum Gasteiger partial charge on any atom is -0.478 e. The first-order valence-electron chi connectivity index (χ1n) is 8.32. The molecule has 25 heavy (non-hydrogen) atoms. The predicted molar refractivity (Wildman–Crippen MR) is 93.9 cm³/mol. The molecule has 8 heteroatoms. The Morgan fingerprint density at radius 1 is 1.32 bits per heavy atom. The zero-order chi connectivity index (χ0) is 18.6. The Morgan fingerprint density at radius 2 is 2.04 bits per heavy atom. The van der Waals surface area contributed by atoms with Crippen molar-refractivity contribution in [3.05, 3.63) is 35.4 Å². The molecule has 138 valence electrons. The number of rotatable bonds is 7. The Kier molecular flexibility index (Phi) is 6.18. The van der Waals surface area contributed by atoms with Crippen LogP contribution in [0.3, 0.4) is 0 Å². The number of amides is 1. The number of hydrogen-bond donors (Lipinski definition) is 2. The molecule has 1 saturated heterocycles. The van der Waals surface area contributed by atoms with Gasteiger partial charge in [0.1, 0.15) is 6.04 Å². The number of hydrogen-bond acceptors (Lipinski definition) is 4. The topological polar surface area (TPSA) is 104 Å². The average Bonchev–Trinajstić information content (AvgIpc) is 2.87. The van der Waals surface area contributed by atoms with Gasteiger partial charge in [0.15, 0.2) is 0 Å². The Bertz CT molecular complexity index is 745. The lowest BCUT2D eigenvalue weighted by Crippen LogP contribution is -2.50. The van der Waals surface area contributed by atoms with Crippen LogP contribution >= 0.6 is 0 Å². The van der Waals surface area contributed by atoms with E-state index in [2.05, 4.69) is 5.32 Å². The molecular weight excluding hydrogens is 344 g/mol. The van der Waals surface area contributed by atoms with Gasteiger partial charge in [-0.25, -0.2) is 13.2 Å². The van der Waals surface area contributed by atoms with Crippen LogP contribution in [0.4, 0.5) is 0 Å². The van der Waals surface area contributed by atoms with Crippen LogP contribution in [0, 0.1) is 5.92 Å². The van der Waals surface area contributed by atoms with Gasteiger partial charge in [-0.05, 0) is 36.5 Å². The Labute approximate surface area is 148 Å². The maximum atomic E-state index is 12.5. The molecule has 0 radical (unpaired) electrons. The van der Waals surface area contributed by atoms with Crippen LogP contribution in [-0.4, -0.2) is 54.6 Å². The van der Waals surface area contributed by atoms with E-state index in [1.807, 2.05) is 13.8 Å². The van der Waals surface area contributed by atoms with E-state index in [0.29, 0.717) is 25.9 Å². The summed E-state index contributed by atoms with van der Waals surface area (Å²) in [4.78, 5) is 23.5. The quantitative estimate of drug-likeness (QED) is 0.750. The number of benzene rings is 1. The monoisotopic (exact) mass is 368 g/mol. The van der Waals surface area contributed by atoms with Gasteiger partial charge in [-0.15, -0.1) is 0 Å². The molecule has 0 aromatic heterocycles. The molecule has 0 saturated carbocycles. The van der Waals surface area contributed by atoms with Gasteiger partial charge in [-0.2, -0.15) is 4.31 Å². The van der Waals surface area contributed by atoms with Gasteiger partial charge in [-0.1, -0.05) is 26.0 Å². The molecule has 1 aliphatic heterocycles. The third-order valence-electron chi connectivity index (χ3n) is 4.24. The largest absolute Gasteiger partial charge is 0.478 e. The zero-order valence-corrected chi connectivity index (χ0v) is 15.3. The molecule has 7 nitrogen and oxygen atoms in total. The Hall–Kier alpha value is -1.93. The van der Waals surface area contributed by atoms with Crippen molar-refractivity contribution in [2.45, 2.75) is 32.7 Å². The SMILES string of the molecule is CC(C)C(C(=O)NCCc1cccc(C(=O)O)c1)N1CCCS1(=O)=O. The molecule has 1 fully saturated rings. The molecule has 0 bridgehead atoms. The summed E-state index contributed by atoms with van der Waals surface area (Å²) in [5.41, 5.74) is 1.00. The zero-order valence-electron chi connectivity index (χ0n) is 14.4. The van der Waals surface area contributed by atoms with E-state index in [9.17, 15) is 18.0 Å². The van der Waals surface area contributed by atoms with Gasteiger partial charge in [-0.3, -0.25) is 4.79 Å². The van der Waals surface area contributed by atoms with E-state index < -0.39 is 22.0 Å². The second-order valence-electron chi connectivity index (χ2n) is 6.52. The van der Waals surface area contributed by atoms with Gasteiger partial charge in [0.05, 0.1) is 11.3 Å². The van der Waals surface area contributed by atoms with Crippen LogP contribution in [0.5, 0.6) is 0 Å². The van der Waals surface area contributed by atoms with Crippen molar-refractivity contribution in [3.8, 4) is 0 Å². The molecule has 1 atom stereocenters. The van der Waals surface area contributed by atoms with E-state index in [4.69, 9.17) is 5.11 Å². The number of sulfonamides is 1. The maximum Gasteiger partial charge on any atom is 0.335 e. The summed E-state index contributed by atoms with van der Waals surface area (Å²) in [7, 11) is -3.36. The molecule has 1 aliphatic rings. The van der Waals surface area contributed by atoms with Crippen LogP contribution in [0.2, 0.25) is 0 Å². The van der Waals surface area contributed by atoms with Crippen molar-refractivity contribution in [2.75, 3.05) is 18.8 Å². The number of carboxylic acids is 1. The number of carbonyl (C=O) groups is 2. The fourth-order valence-corrected chi connectivity index (χ4v) is 4.85. The predicted octanol–water partition coefficient (Wildman–Crippen LogP) is 1.10. The van der Waals surface area contributed by atoms with Crippen molar-refractivity contribution in [2.24, 2.45) is 5.92 Å². The first kappa shape index (κ1) is 19.4. The van der Waals surface area contributed by atoms with Gasteiger partial charge in [0.2, 0.25) is 15.9 Å². The van der Waals surface area contributed by atoms with E-state index >= 15 is 0 Å². The van der Waals surface area contributed by atoms with Crippen LogP contribution in [0.25, 0.3) is 0 Å². The molecule has 1 unspecified atom stereocenters. The molecule has 1 aromatic rings. The summed E-state index contributed by atoms with van der Waals surface area (Å²) in [5.74, 6) is -1.35. The summed E-state index contributed by atoms with van der Waals surface area (Å²) < 4.78 is 25.5. The third kappa shape index (κ3) is 4.79. The smallest absolute Gasteiger partial charge is 0.335 e. The lowest BCUT2D eigenvalue weighted by molar-refractivity contribution is -0.126. The van der Waals surface area contributed by atoms with Crippen LogP contribution in [0.15, 0.2) is 24.3 Å². The first-order chi connectivity index (χ1) is 11.7. The normalized spacial score (nSPS) is 18.2. The fraction of sp³-hybridized carbons (Fsp3) is 0.529. The van der Waals surface area contributed by atoms with Crippen molar-refractivity contribution < 1.29 is 23.1 Å². The molecule has 1 amide bonds. The van der Waals surface area contributed by atoms with Gasteiger partial charge in [0.25, 0.3) is 0 Å². The lowest BCUT2D eigenvalue weighted by atomic mass is 10.0. The molecule has 2 N–H and O–H groups in total. The van der Waals surface area contributed by atoms with Crippen molar-refractivity contribution in [1.29, 1.82) is 0 Å². The second kappa shape index (κ2) is 7.97. The van der Waals surface area contributed by atoms with E-state index in [0.717, 1.165) is 5.56 Å². The molecule has 0 spiro atoms. The Morgan fingerprint density at radius 3 is 2.60 bits per heavy atom. The molecule has 0 aliphatic carbocycles. The molecule has 2 rings (SSSR count). The van der Waals surface area contributed by atoms with Crippen LogP contribution in [0.1, 0.15) is 36.2 Å². The fourth-order valence-electron chi connectivity index (χ4n) is 3.03. The molecule has 1 heterocycles. The first-order valence-corrected chi connectivity index (χ1v) is 9.93. The van der Waals surface area contributed by atoms with Crippen LogP contribution < -0.4 is 5.32 Å². The highest BCUT2D eigenvalue weighted by molar-refractivity contribution is 7.89. The maximum absolute atomic E-state index is 12.5. The van der Waals surface area contributed by atoms with Gasteiger partial charge >= 0.3 is 5.97 Å². The number of nitrogens with zero attached hydrogens (tertiary/aromatic N) is 1. The van der Waals surface area contributed by atoms with Crippen molar-refractivity contribution in [3.63, 3.8) is 0 Å². The summed E-state index contributed by atoms with van der Waals surface area (Å²) in [6.45, 7) is 4.35. The van der Waals surface area contributed by atoms with E-state index in [1.165, 1.54) is 10.4 Å². The number of carbonyl (C=O) groups excluding carboxylic acids is 1. The number of carboxylic acid groups (broad SMARTS) is 1. The van der Waals surface area contributed by atoms with E-state index in [-0.39, 0.29) is 23.1 Å². The van der Waals surface area contributed by atoms with Gasteiger partial charge in [0, 0.05) is 13.1 Å². The second-order valence-corrected chi connectivity index (χ2v) is 8.56. The van der Waals surface area contributed by atoms with Crippen molar-refractivity contribution >= 4 is 21.9 Å². The minimum atomic E-state index is -3.36. The average molecular weight is 368 g/mol. The standard InChI is InChI=1S/C17H24N2O5S/c1-12(2)15(19-9-4-10-25(19,23)24)16(20)18-8-7-13-5-3-6-14(11-13)17(21)22/h3,5-6,11-12,15H,4,7-10H2,1-2H3,(H,18,20)(H,21,22).